The van der Waals surface area contributed by atoms with Gasteiger partial charge in [-0.3, -0.25) is 9.36 Å². The van der Waals surface area contributed by atoms with Crippen LogP contribution in [0, 0.1) is 9.49 Å². The predicted molar refractivity (Wildman–Crippen MR) is 62.2 cm³/mol. The molecule has 14 heavy (non-hydrogen) atoms. The summed E-state index contributed by atoms with van der Waals surface area (Å²) >= 11 is 2.02. The third kappa shape index (κ3) is 2.14. The highest BCUT2D eigenvalue weighted by Gasteiger charge is 2.16. The number of hydrogen-bond donors (Lipinski definition) is 1. The summed E-state index contributed by atoms with van der Waals surface area (Å²) < 4.78 is 2.39. The van der Waals surface area contributed by atoms with Gasteiger partial charge in [-0.1, -0.05) is 0 Å². The van der Waals surface area contributed by atoms with Gasteiger partial charge in [-0.2, -0.15) is 0 Å². The first kappa shape index (κ1) is 10.1. The molecule has 0 unspecified atom stereocenters. The Morgan fingerprint density at radius 1 is 1.64 bits per heavy atom. The van der Waals surface area contributed by atoms with Gasteiger partial charge in [0.15, 0.2) is 0 Å². The van der Waals surface area contributed by atoms with E-state index in [-0.39, 0.29) is 5.56 Å². The highest BCUT2D eigenvalue weighted by Crippen LogP contribution is 2.08. The first-order valence-electron chi connectivity index (χ1n) is 4.68. The van der Waals surface area contributed by atoms with Crippen molar-refractivity contribution in [3.05, 3.63) is 26.4 Å². The molecule has 1 fully saturated rings. The molecular weight excluding hydrogens is 293 g/mol. The maximum absolute atomic E-state index is 11.6. The van der Waals surface area contributed by atoms with Gasteiger partial charge in [-0.25, -0.2) is 4.98 Å². The lowest BCUT2D eigenvalue weighted by atomic mass is 10.00. The van der Waals surface area contributed by atoms with Crippen molar-refractivity contribution in [3.8, 4) is 0 Å². The Labute approximate surface area is 95.9 Å². The minimum atomic E-state index is 0.0767. The molecule has 1 aliphatic heterocycles. The van der Waals surface area contributed by atoms with Gasteiger partial charge < -0.3 is 5.32 Å². The summed E-state index contributed by atoms with van der Waals surface area (Å²) in [6.07, 6.45) is 4.29. The number of aryl methyl sites for hydroxylation is 1. The number of aromatic nitrogens is 2. The Morgan fingerprint density at radius 2 is 2.43 bits per heavy atom. The molecule has 2 rings (SSSR count). The van der Waals surface area contributed by atoms with Crippen LogP contribution in [0.4, 0.5) is 0 Å². The first-order valence-corrected chi connectivity index (χ1v) is 5.76. The molecule has 0 aliphatic carbocycles. The Bertz CT molecular complexity index is 373. The summed E-state index contributed by atoms with van der Waals surface area (Å²) in [7, 11) is 0. The van der Waals surface area contributed by atoms with Gasteiger partial charge in [0, 0.05) is 12.7 Å². The van der Waals surface area contributed by atoms with Gasteiger partial charge in [0.1, 0.15) is 0 Å². The van der Waals surface area contributed by atoms with Crippen LogP contribution in [-0.4, -0.2) is 22.6 Å². The number of halogens is 1. The lowest BCUT2D eigenvalue weighted by Crippen LogP contribution is -2.42. The smallest absolute Gasteiger partial charge is 0.266 e. The van der Waals surface area contributed by atoms with Gasteiger partial charge in [0.25, 0.3) is 5.56 Å². The van der Waals surface area contributed by atoms with Crippen LogP contribution >= 0.6 is 22.6 Å². The quantitative estimate of drug-likeness (QED) is 0.825. The minimum Gasteiger partial charge on any atom is -0.316 e. The normalized spacial score (nSPS) is 16.6. The Morgan fingerprint density at radius 3 is 3.07 bits per heavy atom. The van der Waals surface area contributed by atoms with Crippen LogP contribution in [0.5, 0.6) is 0 Å². The van der Waals surface area contributed by atoms with E-state index in [1.54, 1.807) is 17.1 Å². The van der Waals surface area contributed by atoms with Crippen molar-refractivity contribution in [2.24, 2.45) is 5.92 Å². The van der Waals surface area contributed by atoms with Crippen LogP contribution < -0.4 is 10.9 Å². The molecule has 0 atom stereocenters. The Kier molecular flexibility index (Phi) is 3.17. The lowest BCUT2D eigenvalue weighted by molar-refractivity contribution is 0.310. The molecule has 0 spiro atoms. The fourth-order valence-corrected chi connectivity index (χ4v) is 1.93. The largest absolute Gasteiger partial charge is 0.316 e. The van der Waals surface area contributed by atoms with E-state index in [0.717, 1.165) is 32.0 Å². The summed E-state index contributed by atoms with van der Waals surface area (Å²) in [6, 6.07) is 0. The molecular formula is C9H12IN3O. The van der Waals surface area contributed by atoms with E-state index >= 15 is 0 Å². The van der Waals surface area contributed by atoms with Crippen molar-refractivity contribution < 1.29 is 0 Å². The summed E-state index contributed by atoms with van der Waals surface area (Å²) in [5.41, 5.74) is 0.0767. The Balaban J connectivity index is 2.01. The van der Waals surface area contributed by atoms with Gasteiger partial charge in [-0.15, -0.1) is 0 Å². The average Bonchev–Trinajstić information content (AvgIpc) is 2.09. The van der Waals surface area contributed by atoms with Crippen LogP contribution in [0.15, 0.2) is 17.3 Å². The molecule has 2 heterocycles. The van der Waals surface area contributed by atoms with Crippen molar-refractivity contribution in [1.82, 2.24) is 14.9 Å². The maximum Gasteiger partial charge on any atom is 0.266 e. The van der Waals surface area contributed by atoms with Gasteiger partial charge in [0.2, 0.25) is 0 Å². The van der Waals surface area contributed by atoms with E-state index in [1.807, 2.05) is 22.6 Å². The molecule has 1 N–H and O–H groups in total. The van der Waals surface area contributed by atoms with E-state index in [0.29, 0.717) is 3.57 Å². The summed E-state index contributed by atoms with van der Waals surface area (Å²) in [6.45, 7) is 2.97. The summed E-state index contributed by atoms with van der Waals surface area (Å²) in [5, 5.41) is 3.22. The van der Waals surface area contributed by atoms with Gasteiger partial charge in [0.05, 0.1) is 9.90 Å². The highest BCUT2D eigenvalue weighted by molar-refractivity contribution is 14.1. The molecule has 1 aromatic heterocycles. The Hall–Kier alpha value is -0.430. The van der Waals surface area contributed by atoms with Crippen molar-refractivity contribution in [2.75, 3.05) is 13.1 Å². The van der Waals surface area contributed by atoms with E-state index in [9.17, 15) is 4.79 Å². The molecule has 1 saturated heterocycles. The van der Waals surface area contributed by atoms with Gasteiger partial charge in [-0.05, 0) is 48.0 Å². The molecule has 1 aliphatic rings. The molecule has 0 aromatic carbocycles. The second-order valence-corrected chi connectivity index (χ2v) is 4.72. The van der Waals surface area contributed by atoms with E-state index in [4.69, 9.17) is 0 Å². The van der Waals surface area contributed by atoms with Crippen LogP contribution in [0.3, 0.4) is 0 Å². The monoisotopic (exact) mass is 305 g/mol. The highest BCUT2D eigenvalue weighted by atomic mass is 127. The zero-order chi connectivity index (χ0) is 9.97. The molecule has 0 bridgehead atoms. The van der Waals surface area contributed by atoms with Gasteiger partial charge >= 0.3 is 0 Å². The predicted octanol–water partition coefficient (Wildman–Crippen LogP) is 0.457. The van der Waals surface area contributed by atoms with E-state index in [2.05, 4.69) is 10.3 Å². The zero-order valence-electron chi connectivity index (χ0n) is 7.74. The van der Waals surface area contributed by atoms with E-state index in [1.165, 1.54) is 0 Å². The van der Waals surface area contributed by atoms with Crippen molar-refractivity contribution in [2.45, 2.75) is 13.0 Å². The maximum atomic E-state index is 11.6. The zero-order valence-corrected chi connectivity index (χ0v) is 9.90. The number of hydrogen-bond acceptors (Lipinski definition) is 3. The number of rotatable bonds is 3. The third-order valence-corrected chi connectivity index (χ3v) is 3.24. The summed E-state index contributed by atoms with van der Waals surface area (Å²) in [4.78, 5) is 15.6. The average molecular weight is 305 g/mol. The third-order valence-electron chi connectivity index (χ3n) is 2.50. The molecule has 0 amide bonds. The van der Waals surface area contributed by atoms with Crippen molar-refractivity contribution in [1.29, 1.82) is 0 Å². The van der Waals surface area contributed by atoms with Crippen LogP contribution in [-0.2, 0) is 6.54 Å². The fourth-order valence-electron chi connectivity index (χ4n) is 1.46. The van der Waals surface area contributed by atoms with Crippen LogP contribution in [0.2, 0.25) is 0 Å². The number of nitrogens with one attached hydrogen (secondary N) is 1. The van der Waals surface area contributed by atoms with Crippen molar-refractivity contribution >= 4 is 22.6 Å². The van der Waals surface area contributed by atoms with E-state index < -0.39 is 0 Å². The fraction of sp³-hybridized carbons (Fsp3) is 0.556. The topological polar surface area (TPSA) is 46.9 Å². The first-order chi connectivity index (χ1) is 6.77. The molecule has 76 valence electrons. The van der Waals surface area contributed by atoms with Crippen molar-refractivity contribution in [3.63, 3.8) is 0 Å². The second-order valence-electron chi connectivity index (χ2n) is 3.55. The summed E-state index contributed by atoms with van der Waals surface area (Å²) in [5.74, 6) is 0.736. The van der Waals surface area contributed by atoms with Crippen LogP contribution in [0.25, 0.3) is 0 Å². The SMILES string of the molecule is O=c1c(I)cncn1CCC1CNC1. The standard InChI is InChI=1S/C9H12IN3O/c10-8-5-12-6-13(9(8)14)2-1-7-3-11-4-7/h5-7,11H,1-4H2. The molecule has 0 radical (unpaired) electrons. The molecule has 5 heteroatoms. The second kappa shape index (κ2) is 4.39. The molecule has 0 saturated carbocycles. The number of nitrogens with zero attached hydrogens (tertiary/aromatic N) is 2. The lowest BCUT2D eigenvalue weighted by Gasteiger charge is -2.27. The minimum absolute atomic E-state index is 0.0767. The molecule has 4 nitrogen and oxygen atoms in total. The van der Waals surface area contributed by atoms with Crippen LogP contribution in [0.1, 0.15) is 6.42 Å². The molecule has 1 aromatic rings.